The smallest absolute Gasteiger partial charge is 0.370 e. The van der Waals surface area contributed by atoms with Gasteiger partial charge in [0.25, 0.3) is 0 Å². The van der Waals surface area contributed by atoms with Gasteiger partial charge in [-0.05, 0) is 18.8 Å². The van der Waals surface area contributed by atoms with Crippen LogP contribution in [0.1, 0.15) is 19.3 Å². The molecule has 1 rings (SSSR count). The molecule has 0 bridgehead atoms. The summed E-state index contributed by atoms with van der Waals surface area (Å²) >= 11 is 0. The summed E-state index contributed by atoms with van der Waals surface area (Å²) in [7, 11) is 2.63. The molecule has 1 fully saturated rings. The first-order chi connectivity index (χ1) is 11.1. The second-order valence-electron chi connectivity index (χ2n) is 5.89. The molecule has 1 saturated heterocycles. The summed E-state index contributed by atoms with van der Waals surface area (Å²) in [4.78, 5) is 29.3. The van der Waals surface area contributed by atoms with Gasteiger partial charge in [0.2, 0.25) is 11.8 Å². The number of aliphatic imine (C=N–C) groups is 1. The van der Waals surface area contributed by atoms with Gasteiger partial charge in [-0.1, -0.05) is 0 Å². The molecule has 1 atom stereocenters. The number of rotatable bonds is 5. The van der Waals surface area contributed by atoms with Crippen molar-refractivity contribution < 1.29 is 22.8 Å². The lowest BCUT2D eigenvalue weighted by atomic mass is 9.95. The maximum atomic E-state index is 12.3. The molecule has 1 heterocycles. The summed E-state index contributed by atoms with van der Waals surface area (Å²) in [6.07, 6.45) is -2.42. The van der Waals surface area contributed by atoms with Crippen LogP contribution >= 0.6 is 24.0 Å². The average Bonchev–Trinajstić information content (AvgIpc) is 2.45. The van der Waals surface area contributed by atoms with Crippen LogP contribution in [-0.4, -0.2) is 74.0 Å². The molecule has 0 aliphatic carbocycles. The number of carbonyl (C=O) groups is 2. The van der Waals surface area contributed by atoms with Crippen LogP contribution in [0.5, 0.6) is 0 Å². The molecule has 11 heteroatoms. The third-order valence-electron chi connectivity index (χ3n) is 3.76. The maximum absolute atomic E-state index is 12.3. The zero-order valence-electron chi connectivity index (χ0n) is 14.3. The second-order valence-corrected chi connectivity index (χ2v) is 5.89. The van der Waals surface area contributed by atoms with Gasteiger partial charge in [0.15, 0.2) is 5.96 Å². The monoisotopic (exact) mass is 479 g/mol. The highest BCUT2D eigenvalue weighted by Crippen LogP contribution is 2.19. The normalized spacial score (nSPS) is 18.4. The summed E-state index contributed by atoms with van der Waals surface area (Å²) in [5.41, 5.74) is 5.21. The Kier molecular flexibility index (Phi) is 10.1. The molecule has 1 unspecified atom stereocenters. The molecule has 1 aliphatic rings. The number of hydrogen-bond donors (Lipinski definition) is 2. The minimum absolute atomic E-state index is 0. The zero-order chi connectivity index (χ0) is 18.3. The number of primary amides is 1. The Morgan fingerprint density at radius 3 is 2.56 bits per heavy atom. The summed E-state index contributed by atoms with van der Waals surface area (Å²) < 4.78 is 36.9. The van der Waals surface area contributed by atoms with Crippen LogP contribution in [0.4, 0.5) is 13.2 Å². The molecule has 0 saturated carbocycles. The molecule has 1 aliphatic heterocycles. The first-order valence-corrected chi connectivity index (χ1v) is 7.67. The Labute approximate surface area is 162 Å². The number of guanidine groups is 1. The van der Waals surface area contributed by atoms with Gasteiger partial charge in [-0.25, -0.2) is 0 Å². The quantitative estimate of drug-likeness (QED) is 0.347. The van der Waals surface area contributed by atoms with E-state index < -0.39 is 18.6 Å². The van der Waals surface area contributed by atoms with E-state index in [4.69, 9.17) is 5.73 Å². The molecule has 0 aromatic carbocycles. The molecular weight excluding hydrogens is 454 g/mol. The fraction of sp³-hybridized carbons (Fsp3) is 0.786. The molecule has 0 aromatic heterocycles. The van der Waals surface area contributed by atoms with Crippen molar-refractivity contribution in [2.45, 2.75) is 25.4 Å². The lowest BCUT2D eigenvalue weighted by molar-refractivity contribution is -0.157. The Bertz CT molecular complexity index is 488. The minimum Gasteiger partial charge on any atom is -0.370 e. The second kappa shape index (κ2) is 10.7. The Balaban J connectivity index is 0.00000576. The third kappa shape index (κ3) is 9.12. The fourth-order valence-corrected chi connectivity index (χ4v) is 2.69. The van der Waals surface area contributed by atoms with E-state index in [1.54, 1.807) is 0 Å². The van der Waals surface area contributed by atoms with E-state index in [1.807, 2.05) is 4.90 Å². The number of alkyl halides is 3. The molecule has 7 nitrogen and oxygen atoms in total. The van der Waals surface area contributed by atoms with Crippen molar-refractivity contribution in [1.82, 2.24) is 15.1 Å². The number of amides is 2. The number of carbonyl (C=O) groups excluding carboxylic acids is 2. The van der Waals surface area contributed by atoms with Crippen LogP contribution in [0.15, 0.2) is 4.99 Å². The number of halogens is 4. The maximum Gasteiger partial charge on any atom is 0.406 e. The van der Waals surface area contributed by atoms with Gasteiger partial charge < -0.3 is 20.9 Å². The van der Waals surface area contributed by atoms with E-state index in [0.29, 0.717) is 23.9 Å². The Morgan fingerprint density at radius 1 is 1.40 bits per heavy atom. The van der Waals surface area contributed by atoms with Crippen LogP contribution in [0.25, 0.3) is 0 Å². The number of nitrogens with two attached hydrogens (primary N) is 1. The fourth-order valence-electron chi connectivity index (χ4n) is 2.69. The van der Waals surface area contributed by atoms with E-state index in [0.717, 1.165) is 19.9 Å². The zero-order valence-corrected chi connectivity index (χ0v) is 16.6. The Hall–Kier alpha value is -1.27. The lowest BCUT2D eigenvalue weighted by Gasteiger charge is -2.34. The van der Waals surface area contributed by atoms with Crippen molar-refractivity contribution in [3.8, 4) is 0 Å². The van der Waals surface area contributed by atoms with E-state index in [1.165, 1.54) is 7.05 Å². The van der Waals surface area contributed by atoms with Gasteiger partial charge in [-0.15, -0.1) is 24.0 Å². The summed E-state index contributed by atoms with van der Waals surface area (Å²) in [5, 5.41) is 2.78. The largest absolute Gasteiger partial charge is 0.406 e. The van der Waals surface area contributed by atoms with Gasteiger partial charge in [-0.3, -0.25) is 14.6 Å². The van der Waals surface area contributed by atoms with Crippen LogP contribution < -0.4 is 11.1 Å². The topological polar surface area (TPSA) is 91.0 Å². The molecule has 0 aromatic rings. The minimum atomic E-state index is -4.43. The highest BCUT2D eigenvalue weighted by molar-refractivity contribution is 14.0. The standard InChI is InChI=1S/C14H24F3N5O2.HI/c1-19-13(20-7-12(24)21(2)9-14(15,16)17)22-5-3-4-10(8-22)6-11(18)23;/h10H,3-9H2,1-2H3,(H2,18,23)(H,19,20);1H. The van der Waals surface area contributed by atoms with Gasteiger partial charge in [0.1, 0.15) is 6.54 Å². The van der Waals surface area contributed by atoms with E-state index >= 15 is 0 Å². The van der Waals surface area contributed by atoms with Crippen molar-refractivity contribution in [2.75, 3.05) is 40.3 Å². The molecular formula is C14H25F3IN5O2. The molecule has 25 heavy (non-hydrogen) atoms. The average molecular weight is 479 g/mol. The van der Waals surface area contributed by atoms with Gasteiger partial charge in [0.05, 0.1) is 6.54 Å². The molecule has 146 valence electrons. The van der Waals surface area contributed by atoms with E-state index in [9.17, 15) is 22.8 Å². The highest BCUT2D eigenvalue weighted by Gasteiger charge is 2.31. The van der Waals surface area contributed by atoms with Crippen molar-refractivity contribution in [1.29, 1.82) is 0 Å². The number of hydrogen-bond acceptors (Lipinski definition) is 3. The predicted octanol–water partition coefficient (Wildman–Crippen LogP) is 0.788. The van der Waals surface area contributed by atoms with Gasteiger partial charge in [0, 0.05) is 33.6 Å². The number of piperidine rings is 1. The van der Waals surface area contributed by atoms with Crippen molar-refractivity contribution in [3.63, 3.8) is 0 Å². The van der Waals surface area contributed by atoms with Gasteiger partial charge >= 0.3 is 6.18 Å². The van der Waals surface area contributed by atoms with Crippen molar-refractivity contribution in [2.24, 2.45) is 16.6 Å². The summed E-state index contributed by atoms with van der Waals surface area (Å²) in [6, 6.07) is 0. The third-order valence-corrected chi connectivity index (χ3v) is 3.76. The first kappa shape index (κ1) is 23.7. The molecule has 0 radical (unpaired) electrons. The van der Waals surface area contributed by atoms with E-state index in [-0.39, 0.29) is 48.8 Å². The summed E-state index contributed by atoms with van der Waals surface area (Å²) in [5.74, 6) is -0.510. The SMILES string of the molecule is CN=C(NCC(=O)N(C)CC(F)(F)F)N1CCCC(CC(N)=O)C1.I. The lowest BCUT2D eigenvalue weighted by Crippen LogP contribution is -2.50. The first-order valence-electron chi connectivity index (χ1n) is 7.67. The molecule has 2 amide bonds. The predicted molar refractivity (Wildman–Crippen MR) is 98.6 cm³/mol. The number of likely N-dealkylation sites (tertiary alicyclic amines) is 1. The number of nitrogens with zero attached hydrogens (tertiary/aromatic N) is 3. The van der Waals surface area contributed by atoms with Crippen LogP contribution in [0.3, 0.4) is 0 Å². The van der Waals surface area contributed by atoms with E-state index in [2.05, 4.69) is 10.3 Å². The van der Waals surface area contributed by atoms with Crippen molar-refractivity contribution >= 4 is 41.8 Å². The van der Waals surface area contributed by atoms with Crippen LogP contribution in [-0.2, 0) is 9.59 Å². The highest BCUT2D eigenvalue weighted by atomic mass is 127. The van der Waals surface area contributed by atoms with Crippen molar-refractivity contribution in [3.05, 3.63) is 0 Å². The number of likely N-dealkylation sites (N-methyl/N-ethyl adjacent to an activating group) is 1. The van der Waals surface area contributed by atoms with Crippen LogP contribution in [0.2, 0.25) is 0 Å². The summed E-state index contributed by atoms with van der Waals surface area (Å²) in [6.45, 7) is -0.316. The Morgan fingerprint density at radius 2 is 2.04 bits per heavy atom. The van der Waals surface area contributed by atoms with Gasteiger partial charge in [-0.2, -0.15) is 13.2 Å². The molecule has 3 N–H and O–H groups in total. The van der Waals surface area contributed by atoms with Crippen LogP contribution in [0, 0.1) is 5.92 Å². The number of nitrogens with one attached hydrogen (secondary N) is 1. The molecule has 0 spiro atoms.